The topological polar surface area (TPSA) is 98.9 Å². The van der Waals surface area contributed by atoms with E-state index in [4.69, 9.17) is 0 Å². The SMILES string of the molecule is CCc1ccccc1-n1nccc1NC(=O)Nc1ccc(-c2ncn(-c3ccc(OC(F)(F)F)cc3)n2)cc1. The summed E-state index contributed by atoms with van der Waals surface area (Å²) >= 11 is 0. The molecule has 2 amide bonds. The van der Waals surface area contributed by atoms with Crippen LogP contribution in [0.5, 0.6) is 5.75 Å². The molecule has 12 heteroatoms. The number of hydrogen-bond acceptors (Lipinski definition) is 5. The van der Waals surface area contributed by atoms with E-state index in [2.05, 4.69) is 37.5 Å². The lowest BCUT2D eigenvalue weighted by Crippen LogP contribution is -2.21. The molecular formula is C27H22F3N7O2. The zero-order chi connectivity index (χ0) is 27.4. The average Bonchev–Trinajstić information content (AvgIpc) is 3.59. The maximum Gasteiger partial charge on any atom is 0.573 e. The van der Waals surface area contributed by atoms with Gasteiger partial charge in [0.05, 0.1) is 17.6 Å². The number of hydrogen-bond donors (Lipinski definition) is 2. The summed E-state index contributed by atoms with van der Waals surface area (Å²) < 4.78 is 44.1. The Kier molecular flexibility index (Phi) is 7.00. The molecule has 0 radical (unpaired) electrons. The van der Waals surface area contributed by atoms with Crippen molar-refractivity contribution in [2.24, 2.45) is 0 Å². The van der Waals surface area contributed by atoms with Gasteiger partial charge in [-0.05, 0) is 66.6 Å². The number of amides is 2. The van der Waals surface area contributed by atoms with Crippen LogP contribution < -0.4 is 15.4 Å². The van der Waals surface area contributed by atoms with Gasteiger partial charge >= 0.3 is 12.4 Å². The Bertz CT molecular complexity index is 1580. The van der Waals surface area contributed by atoms with Crippen LogP contribution in [-0.4, -0.2) is 36.9 Å². The van der Waals surface area contributed by atoms with E-state index in [-0.39, 0.29) is 5.75 Å². The van der Waals surface area contributed by atoms with Crippen molar-refractivity contribution in [2.45, 2.75) is 19.7 Å². The monoisotopic (exact) mass is 533 g/mol. The number of anilines is 2. The third-order valence-electron chi connectivity index (χ3n) is 5.71. The number of carbonyl (C=O) groups is 1. The molecule has 3 aromatic carbocycles. The Morgan fingerprint density at radius 2 is 1.69 bits per heavy atom. The fourth-order valence-corrected chi connectivity index (χ4v) is 3.91. The number of benzene rings is 3. The van der Waals surface area contributed by atoms with Gasteiger partial charge in [0.1, 0.15) is 17.9 Å². The molecule has 9 nitrogen and oxygen atoms in total. The predicted molar refractivity (Wildman–Crippen MR) is 139 cm³/mol. The molecule has 0 aliphatic carbocycles. The van der Waals surface area contributed by atoms with E-state index in [0.717, 1.165) is 17.7 Å². The molecule has 2 aromatic heterocycles. The first-order valence-corrected chi connectivity index (χ1v) is 11.9. The number of nitrogens with one attached hydrogen (secondary N) is 2. The van der Waals surface area contributed by atoms with Gasteiger partial charge < -0.3 is 10.1 Å². The maximum absolute atomic E-state index is 12.7. The van der Waals surface area contributed by atoms with Crippen LogP contribution in [0.4, 0.5) is 29.5 Å². The van der Waals surface area contributed by atoms with Crippen LogP contribution in [-0.2, 0) is 6.42 Å². The minimum absolute atomic E-state index is 0.325. The number of para-hydroxylation sites is 1. The molecule has 0 aliphatic rings. The van der Waals surface area contributed by atoms with Gasteiger partial charge in [0.25, 0.3) is 0 Å². The Labute approximate surface area is 220 Å². The highest BCUT2D eigenvalue weighted by Gasteiger charge is 2.31. The van der Waals surface area contributed by atoms with Crippen LogP contribution in [0.1, 0.15) is 12.5 Å². The quantitative estimate of drug-likeness (QED) is 0.259. The molecule has 0 aliphatic heterocycles. The summed E-state index contributed by atoms with van der Waals surface area (Å²) in [4.78, 5) is 16.9. The molecule has 2 N–H and O–H groups in total. The van der Waals surface area contributed by atoms with Gasteiger partial charge in [-0.2, -0.15) is 5.10 Å². The molecule has 0 fully saturated rings. The largest absolute Gasteiger partial charge is 0.573 e. The number of urea groups is 1. The summed E-state index contributed by atoms with van der Waals surface area (Å²) in [5, 5.41) is 14.3. The number of halogens is 3. The molecule has 0 saturated carbocycles. The molecule has 39 heavy (non-hydrogen) atoms. The van der Waals surface area contributed by atoms with E-state index in [1.165, 1.54) is 35.3 Å². The smallest absolute Gasteiger partial charge is 0.406 e. The Morgan fingerprint density at radius 3 is 2.41 bits per heavy atom. The van der Waals surface area contributed by atoms with E-state index >= 15 is 0 Å². The van der Waals surface area contributed by atoms with Crippen LogP contribution in [0.15, 0.2) is 91.4 Å². The molecule has 5 rings (SSSR count). The number of rotatable bonds is 7. The van der Waals surface area contributed by atoms with Crippen molar-refractivity contribution in [1.29, 1.82) is 0 Å². The second-order valence-electron chi connectivity index (χ2n) is 8.32. The van der Waals surface area contributed by atoms with E-state index in [1.807, 2.05) is 24.3 Å². The third-order valence-corrected chi connectivity index (χ3v) is 5.71. The van der Waals surface area contributed by atoms with Crippen molar-refractivity contribution in [2.75, 3.05) is 10.6 Å². The highest BCUT2D eigenvalue weighted by molar-refractivity contribution is 5.99. The van der Waals surface area contributed by atoms with Crippen LogP contribution in [0.25, 0.3) is 22.8 Å². The Balaban J connectivity index is 1.23. The zero-order valence-corrected chi connectivity index (χ0v) is 20.6. The minimum Gasteiger partial charge on any atom is -0.406 e. The van der Waals surface area contributed by atoms with Gasteiger partial charge in [0.2, 0.25) is 0 Å². The van der Waals surface area contributed by atoms with Crippen LogP contribution >= 0.6 is 0 Å². The molecule has 2 heterocycles. The standard InChI is InChI=1S/C27H22F3N7O2/c1-2-18-5-3-4-6-23(18)37-24(15-16-32-37)34-26(38)33-20-9-7-19(8-10-20)25-31-17-36(35-25)21-11-13-22(14-12-21)39-27(28,29)30/h3-17H,2H2,1H3,(H2,33,34,38). The minimum atomic E-state index is -4.76. The number of aromatic nitrogens is 5. The summed E-state index contributed by atoms with van der Waals surface area (Å²) in [5.41, 5.74) is 3.74. The van der Waals surface area contributed by atoms with Gasteiger partial charge in [0.15, 0.2) is 5.82 Å². The van der Waals surface area contributed by atoms with Gasteiger partial charge in [-0.25, -0.2) is 19.1 Å². The second kappa shape index (κ2) is 10.7. The lowest BCUT2D eigenvalue weighted by Gasteiger charge is -2.13. The average molecular weight is 534 g/mol. The van der Waals surface area contributed by atoms with E-state index < -0.39 is 12.4 Å². The van der Waals surface area contributed by atoms with Crippen molar-refractivity contribution in [3.8, 4) is 28.5 Å². The second-order valence-corrected chi connectivity index (χ2v) is 8.32. The van der Waals surface area contributed by atoms with Gasteiger partial charge in [0, 0.05) is 17.3 Å². The summed E-state index contributed by atoms with van der Waals surface area (Å²) in [6.07, 6.45) is -0.862. The number of ether oxygens (including phenoxy) is 1. The summed E-state index contributed by atoms with van der Waals surface area (Å²) in [6, 6.07) is 21.3. The highest BCUT2D eigenvalue weighted by Crippen LogP contribution is 2.25. The molecule has 0 unspecified atom stereocenters. The van der Waals surface area contributed by atoms with Crippen molar-refractivity contribution in [3.63, 3.8) is 0 Å². The van der Waals surface area contributed by atoms with E-state index in [9.17, 15) is 18.0 Å². The first-order valence-electron chi connectivity index (χ1n) is 11.9. The van der Waals surface area contributed by atoms with Crippen LogP contribution in [0, 0.1) is 0 Å². The number of aryl methyl sites for hydroxylation is 1. The maximum atomic E-state index is 12.7. The molecule has 0 spiro atoms. The van der Waals surface area contributed by atoms with E-state index in [1.54, 1.807) is 41.2 Å². The molecule has 0 saturated heterocycles. The summed E-state index contributed by atoms with van der Waals surface area (Å²) in [5.74, 6) is 0.604. The van der Waals surface area contributed by atoms with Crippen molar-refractivity contribution in [1.82, 2.24) is 24.5 Å². The lowest BCUT2D eigenvalue weighted by molar-refractivity contribution is -0.274. The van der Waals surface area contributed by atoms with Gasteiger partial charge in [-0.15, -0.1) is 18.3 Å². The Hall–Kier alpha value is -5.13. The molecular weight excluding hydrogens is 511 g/mol. The summed E-state index contributed by atoms with van der Waals surface area (Å²) in [7, 11) is 0. The lowest BCUT2D eigenvalue weighted by atomic mass is 10.1. The first kappa shape index (κ1) is 25.5. The molecule has 0 atom stereocenters. The molecule has 0 bridgehead atoms. The van der Waals surface area contributed by atoms with E-state index in [0.29, 0.717) is 28.6 Å². The van der Waals surface area contributed by atoms with Crippen molar-refractivity contribution >= 4 is 17.5 Å². The normalized spacial score (nSPS) is 11.3. The molecule has 5 aromatic rings. The van der Waals surface area contributed by atoms with Crippen LogP contribution in [0.2, 0.25) is 0 Å². The highest BCUT2D eigenvalue weighted by atomic mass is 19.4. The fourth-order valence-electron chi connectivity index (χ4n) is 3.91. The zero-order valence-electron chi connectivity index (χ0n) is 20.6. The predicted octanol–water partition coefficient (Wildman–Crippen LogP) is 6.23. The number of carbonyl (C=O) groups excluding carboxylic acids is 1. The molecule has 198 valence electrons. The number of nitrogens with zero attached hydrogens (tertiary/aromatic N) is 5. The van der Waals surface area contributed by atoms with Gasteiger partial charge in [-0.1, -0.05) is 25.1 Å². The number of alkyl halides is 3. The van der Waals surface area contributed by atoms with Crippen molar-refractivity contribution < 1.29 is 22.7 Å². The van der Waals surface area contributed by atoms with Gasteiger partial charge in [-0.3, -0.25) is 5.32 Å². The fraction of sp³-hybridized carbons (Fsp3) is 0.111. The third kappa shape index (κ3) is 6.06. The Morgan fingerprint density at radius 1 is 0.949 bits per heavy atom. The van der Waals surface area contributed by atoms with Crippen LogP contribution in [0.3, 0.4) is 0 Å². The first-order chi connectivity index (χ1) is 18.8. The van der Waals surface area contributed by atoms with Crippen molar-refractivity contribution in [3.05, 3.63) is 97.0 Å². The summed E-state index contributed by atoms with van der Waals surface area (Å²) in [6.45, 7) is 2.06.